The third kappa shape index (κ3) is 8.02. The van der Waals surface area contributed by atoms with Gasteiger partial charge >= 0.3 is 0 Å². The molecule has 4 heterocycles. The predicted molar refractivity (Wildman–Crippen MR) is 331 cm³/mol. The molecule has 1 aliphatic carbocycles. The molecule has 1 aromatic heterocycles. The number of benzene rings is 7. The third-order valence-electron chi connectivity index (χ3n) is 19.2. The van der Waals surface area contributed by atoms with Crippen LogP contribution < -0.4 is 26.2 Å². The lowest BCUT2D eigenvalue weighted by molar-refractivity contribution is 0.195. The number of hydrogen-bond acceptors (Lipinski definition) is 3. The van der Waals surface area contributed by atoms with E-state index in [0.717, 1.165) is 35.6 Å². The van der Waals surface area contributed by atoms with Gasteiger partial charge in [0.25, 0.3) is 6.71 Å². The van der Waals surface area contributed by atoms with Crippen molar-refractivity contribution in [2.75, 3.05) is 9.80 Å². The molecule has 3 atom stereocenters. The molecule has 1 saturated carbocycles. The van der Waals surface area contributed by atoms with Crippen LogP contribution in [0.1, 0.15) is 200 Å². The molecule has 3 aliphatic heterocycles. The highest BCUT2D eigenvalue weighted by Crippen LogP contribution is 2.63. The van der Waals surface area contributed by atoms with Gasteiger partial charge in [-0.15, -0.1) is 0 Å². The minimum absolute atomic E-state index is 0.0165. The summed E-state index contributed by atoms with van der Waals surface area (Å²) in [6.45, 7) is 40.3. The predicted octanol–water partition coefficient (Wildman–Crippen LogP) is 18.1. The fourth-order valence-electron chi connectivity index (χ4n) is 14.2. The molecule has 3 unspecified atom stereocenters. The summed E-state index contributed by atoms with van der Waals surface area (Å²) in [5, 5.41) is 1.23. The van der Waals surface area contributed by atoms with Crippen molar-refractivity contribution in [3.8, 4) is 11.1 Å². The van der Waals surface area contributed by atoms with Crippen molar-refractivity contribution in [3.05, 3.63) is 190 Å². The van der Waals surface area contributed by atoms with E-state index in [0.29, 0.717) is 0 Å². The molecule has 0 saturated heterocycles. The van der Waals surface area contributed by atoms with E-state index in [4.69, 9.17) is 4.42 Å². The normalized spacial score (nSPS) is 20.0. The lowest BCUT2D eigenvalue weighted by Gasteiger charge is -2.52. The van der Waals surface area contributed by atoms with Gasteiger partial charge in [-0.2, -0.15) is 0 Å². The average molecular weight is 1020 g/mol. The number of furan rings is 1. The molecule has 0 N–H and O–H groups in total. The second-order valence-electron chi connectivity index (χ2n) is 29.4. The van der Waals surface area contributed by atoms with Gasteiger partial charge in [0.05, 0.1) is 11.5 Å². The van der Waals surface area contributed by atoms with Crippen LogP contribution in [0.3, 0.4) is 0 Å². The summed E-state index contributed by atoms with van der Waals surface area (Å²) in [5.41, 5.74) is 24.4. The summed E-state index contributed by atoms with van der Waals surface area (Å²) < 4.78 is 7.79. The van der Waals surface area contributed by atoms with Gasteiger partial charge in [-0.25, -0.2) is 0 Å². The molecular formula is C73H83BN2O. The number of fused-ring (bicyclic) bond motifs is 9. The van der Waals surface area contributed by atoms with Crippen LogP contribution in [-0.4, -0.2) is 12.3 Å². The Morgan fingerprint density at radius 2 is 1.05 bits per heavy atom. The van der Waals surface area contributed by atoms with Crippen molar-refractivity contribution in [1.82, 2.24) is 0 Å². The number of nitrogens with zero attached hydrogens (tertiary/aromatic N) is 2. The van der Waals surface area contributed by atoms with Gasteiger partial charge in [-0.1, -0.05) is 221 Å². The van der Waals surface area contributed by atoms with Crippen molar-refractivity contribution in [1.29, 1.82) is 0 Å². The standard InChI is InChI=1S/C73H83BN2O/c1-67(2,3)46-25-31-51(32-26-46)75(52-33-27-47(28-34-52)68(4,5)6)53-43-57-62(54-35-29-48(69(7,8)9)39-56(54)45-23-19-18-20-24-45)66-64(55-36-30-49(70(10,11)12)42-61(55)77-66)74-59-41-50(71(13,14)15)40-58-65(59)76(60(44-53)63(57)74)73(17)38-22-21-37-72(58,73)16/h18-20,23-36,39-44,62H,21-22,37-38H2,1-17H3. The molecule has 1 fully saturated rings. The van der Waals surface area contributed by atoms with Crippen molar-refractivity contribution < 1.29 is 4.42 Å². The van der Waals surface area contributed by atoms with Crippen LogP contribution in [0.25, 0.3) is 22.1 Å². The second kappa shape index (κ2) is 17.1. The van der Waals surface area contributed by atoms with Gasteiger partial charge in [-0.3, -0.25) is 0 Å². The molecule has 394 valence electrons. The minimum Gasteiger partial charge on any atom is -0.461 e. The fraction of sp³-hybridized carbons (Fsp3) is 0.397. The number of hydrogen-bond donors (Lipinski definition) is 0. The number of anilines is 5. The molecule has 0 spiro atoms. The molecule has 77 heavy (non-hydrogen) atoms. The smallest absolute Gasteiger partial charge is 0.252 e. The summed E-state index contributed by atoms with van der Waals surface area (Å²) in [5.74, 6) is 0.845. The van der Waals surface area contributed by atoms with E-state index in [9.17, 15) is 0 Å². The van der Waals surface area contributed by atoms with Crippen LogP contribution in [0.5, 0.6) is 0 Å². The number of rotatable bonds is 5. The van der Waals surface area contributed by atoms with Crippen molar-refractivity contribution in [2.24, 2.45) is 0 Å². The highest BCUT2D eigenvalue weighted by Gasteiger charge is 2.62. The van der Waals surface area contributed by atoms with Gasteiger partial charge in [0.1, 0.15) is 11.3 Å². The third-order valence-corrected chi connectivity index (χ3v) is 19.2. The van der Waals surface area contributed by atoms with Crippen LogP contribution in [0.2, 0.25) is 0 Å². The van der Waals surface area contributed by atoms with E-state index >= 15 is 0 Å². The zero-order valence-corrected chi connectivity index (χ0v) is 49.6. The topological polar surface area (TPSA) is 19.6 Å². The molecule has 4 heteroatoms. The Hall–Kier alpha value is -6.26. The molecule has 0 radical (unpaired) electrons. The monoisotopic (exact) mass is 1010 g/mol. The Kier molecular flexibility index (Phi) is 11.5. The van der Waals surface area contributed by atoms with Gasteiger partial charge in [0.15, 0.2) is 0 Å². The summed E-state index contributed by atoms with van der Waals surface area (Å²) >= 11 is 0. The zero-order chi connectivity index (χ0) is 54.7. The average Bonchev–Trinajstić information content (AvgIpc) is 4.08. The Morgan fingerprint density at radius 1 is 0.506 bits per heavy atom. The highest BCUT2D eigenvalue weighted by atomic mass is 16.3. The Labute approximate surface area is 462 Å². The van der Waals surface area contributed by atoms with E-state index in [1.165, 1.54) is 107 Å². The quantitative estimate of drug-likeness (QED) is 0.160. The molecule has 4 aliphatic rings. The van der Waals surface area contributed by atoms with Gasteiger partial charge in [0.2, 0.25) is 0 Å². The molecule has 3 nitrogen and oxygen atoms in total. The first kappa shape index (κ1) is 51.5. The van der Waals surface area contributed by atoms with Crippen LogP contribution >= 0.6 is 0 Å². The first-order valence-electron chi connectivity index (χ1n) is 29.0. The maximum absolute atomic E-state index is 7.79. The van der Waals surface area contributed by atoms with E-state index < -0.39 is 0 Å². The first-order chi connectivity index (χ1) is 36.1. The maximum Gasteiger partial charge on any atom is 0.252 e. The Bertz CT molecular complexity index is 3580. The van der Waals surface area contributed by atoms with Crippen molar-refractivity contribution in [3.63, 3.8) is 0 Å². The van der Waals surface area contributed by atoms with Gasteiger partial charge in [0, 0.05) is 39.2 Å². The zero-order valence-electron chi connectivity index (χ0n) is 49.6. The molecule has 0 bridgehead atoms. The first-order valence-corrected chi connectivity index (χ1v) is 29.0. The molecule has 0 amide bonds. The van der Waals surface area contributed by atoms with Gasteiger partial charge in [-0.05, 0) is 161 Å². The van der Waals surface area contributed by atoms with Crippen LogP contribution in [0.4, 0.5) is 28.4 Å². The Morgan fingerprint density at radius 3 is 1.64 bits per heavy atom. The van der Waals surface area contributed by atoms with Crippen LogP contribution in [0.15, 0.2) is 144 Å². The largest absolute Gasteiger partial charge is 0.461 e. The van der Waals surface area contributed by atoms with E-state index in [1.807, 2.05) is 0 Å². The van der Waals surface area contributed by atoms with Crippen LogP contribution in [0, 0.1) is 0 Å². The molecule has 12 rings (SSSR count). The van der Waals surface area contributed by atoms with Crippen LogP contribution in [-0.2, 0) is 32.5 Å². The second-order valence-corrected chi connectivity index (χ2v) is 29.4. The highest BCUT2D eigenvalue weighted by molar-refractivity contribution is 7.00. The van der Waals surface area contributed by atoms with Gasteiger partial charge < -0.3 is 14.2 Å². The summed E-state index contributed by atoms with van der Waals surface area (Å²) in [6, 6.07) is 55.1. The molecular weight excluding hydrogens is 932 g/mol. The van der Waals surface area contributed by atoms with Crippen molar-refractivity contribution in [2.45, 2.75) is 187 Å². The summed E-state index contributed by atoms with van der Waals surface area (Å²) in [7, 11) is 0. The van der Waals surface area contributed by atoms with E-state index in [2.05, 4.69) is 267 Å². The van der Waals surface area contributed by atoms with E-state index in [1.54, 1.807) is 0 Å². The minimum atomic E-state index is -0.224. The lowest BCUT2D eigenvalue weighted by Crippen LogP contribution is -2.65. The van der Waals surface area contributed by atoms with Crippen molar-refractivity contribution >= 4 is 62.5 Å². The maximum atomic E-state index is 7.79. The molecule has 7 aromatic carbocycles. The lowest BCUT2D eigenvalue weighted by atomic mass is 9.31. The SMILES string of the molecule is CC(C)(C)c1ccc(N(c2ccc(C(C)(C)C)cc2)c2cc3c4c(c2)N2c5c(cc(C(C)(C)C)cc5C5(C)CCCCC25C)B4c2c(oc4cc(C(C)(C)C)ccc24)C3c2ccc(C(C)(C)C)cc2-c2ccccc2)cc1. The molecule has 8 aromatic rings. The summed E-state index contributed by atoms with van der Waals surface area (Å²) in [4.78, 5) is 5.48. The van der Waals surface area contributed by atoms with E-state index in [-0.39, 0.29) is 50.7 Å². The Balaban J connectivity index is 1.26. The fourth-order valence-corrected chi connectivity index (χ4v) is 14.2. The summed E-state index contributed by atoms with van der Waals surface area (Å²) in [6.07, 6.45) is 4.74.